The molecule has 3 heterocycles. The van der Waals surface area contributed by atoms with Gasteiger partial charge >= 0.3 is 0 Å². The molecule has 0 aliphatic carbocycles. The number of benzene rings is 1. The summed E-state index contributed by atoms with van der Waals surface area (Å²) in [6.07, 6.45) is 0. The largest absolute Gasteiger partial charge is 0.454 e. The predicted octanol–water partition coefficient (Wildman–Crippen LogP) is 1.37. The van der Waals surface area contributed by atoms with Crippen molar-refractivity contribution in [2.45, 2.75) is 5.22 Å². The minimum absolute atomic E-state index is 0.0689. The zero-order chi connectivity index (χ0) is 19.5. The van der Waals surface area contributed by atoms with Crippen LogP contribution in [0.4, 0.5) is 4.79 Å². The van der Waals surface area contributed by atoms with Gasteiger partial charge in [-0.2, -0.15) is 0 Å². The van der Waals surface area contributed by atoms with E-state index in [4.69, 9.17) is 13.9 Å². The molecule has 0 spiro atoms. The third-order valence-electron chi connectivity index (χ3n) is 3.85. The Bertz CT molecular complexity index is 918. The Labute approximate surface area is 167 Å². The number of ether oxygens (including phenoxy) is 2. The Hall–Kier alpha value is -2.73. The number of nitrogens with one attached hydrogen (secondary N) is 1. The summed E-state index contributed by atoms with van der Waals surface area (Å²) in [4.78, 5) is 36.0. The lowest BCUT2D eigenvalue weighted by atomic mass is 10.2. The predicted molar refractivity (Wildman–Crippen MR) is 99.2 cm³/mol. The third kappa shape index (κ3) is 4.07. The van der Waals surface area contributed by atoms with Crippen LogP contribution in [0, 0.1) is 0 Å². The van der Waals surface area contributed by atoms with E-state index in [0.29, 0.717) is 23.0 Å². The number of hydrogen-bond acceptors (Lipinski definition) is 10. The van der Waals surface area contributed by atoms with Crippen molar-refractivity contribution in [2.75, 3.05) is 31.4 Å². The fourth-order valence-electron chi connectivity index (χ4n) is 2.50. The Morgan fingerprint density at radius 3 is 2.93 bits per heavy atom. The van der Waals surface area contributed by atoms with Gasteiger partial charge in [0.25, 0.3) is 10.5 Å². The lowest BCUT2D eigenvalue weighted by Crippen LogP contribution is -2.38. The first kappa shape index (κ1) is 18.6. The Morgan fingerprint density at radius 1 is 1.25 bits per heavy atom. The van der Waals surface area contributed by atoms with Crippen LogP contribution in [0.1, 0.15) is 0 Å². The van der Waals surface area contributed by atoms with Gasteiger partial charge in [0.15, 0.2) is 11.5 Å². The number of imide groups is 1. The molecule has 0 unspecified atom stereocenters. The molecule has 1 N–H and O–H groups in total. The average molecular weight is 422 g/mol. The van der Waals surface area contributed by atoms with E-state index >= 15 is 0 Å². The van der Waals surface area contributed by atoms with Crippen LogP contribution >= 0.6 is 23.5 Å². The van der Waals surface area contributed by atoms with Crippen LogP contribution in [-0.4, -0.2) is 63.5 Å². The van der Waals surface area contributed by atoms with Crippen molar-refractivity contribution in [1.29, 1.82) is 0 Å². The number of rotatable bonds is 7. The topological polar surface area (TPSA) is 124 Å². The molecule has 3 amide bonds. The number of aromatic nitrogens is 2. The van der Waals surface area contributed by atoms with Crippen molar-refractivity contribution >= 4 is 40.6 Å². The third-order valence-corrected chi connectivity index (χ3v) is 5.53. The van der Waals surface area contributed by atoms with Crippen molar-refractivity contribution in [3.63, 3.8) is 0 Å². The van der Waals surface area contributed by atoms with Gasteiger partial charge in [0.2, 0.25) is 24.5 Å². The molecule has 12 heteroatoms. The zero-order valence-corrected chi connectivity index (χ0v) is 16.0. The number of carbonyl (C=O) groups is 3. The molecule has 1 saturated heterocycles. The second kappa shape index (κ2) is 8.10. The quantitative estimate of drug-likeness (QED) is 0.654. The molecule has 0 bridgehead atoms. The standard InChI is InChI=1S/C16H14N4O6S2/c21-12(17-3-4-20-13(22)7-28-16(20)23)6-27-15-19-18-14(26-15)9-1-2-10-11(5-9)25-8-24-10/h1-2,5H,3-4,6-8H2,(H,17,21). The van der Waals surface area contributed by atoms with Crippen LogP contribution in [-0.2, 0) is 9.59 Å². The van der Waals surface area contributed by atoms with Crippen LogP contribution in [0.3, 0.4) is 0 Å². The molecular weight excluding hydrogens is 408 g/mol. The van der Waals surface area contributed by atoms with Gasteiger partial charge in [-0.05, 0) is 18.2 Å². The molecular formula is C16H14N4O6S2. The maximum Gasteiger partial charge on any atom is 0.288 e. The highest BCUT2D eigenvalue weighted by atomic mass is 32.2. The second-order valence-corrected chi connectivity index (χ2v) is 7.53. The maximum absolute atomic E-state index is 11.9. The molecule has 0 radical (unpaired) electrons. The number of amides is 3. The molecule has 4 rings (SSSR count). The number of carbonyl (C=O) groups excluding carboxylic acids is 3. The van der Waals surface area contributed by atoms with E-state index in [2.05, 4.69) is 15.5 Å². The van der Waals surface area contributed by atoms with Crippen molar-refractivity contribution in [3.8, 4) is 23.0 Å². The van der Waals surface area contributed by atoms with E-state index in [1.165, 1.54) is 0 Å². The first-order valence-corrected chi connectivity index (χ1v) is 10.2. The Kier molecular flexibility index (Phi) is 5.39. The molecule has 28 heavy (non-hydrogen) atoms. The van der Waals surface area contributed by atoms with Crippen molar-refractivity contribution in [1.82, 2.24) is 20.4 Å². The molecule has 0 atom stereocenters. The van der Waals surface area contributed by atoms with Gasteiger partial charge in [-0.25, -0.2) is 0 Å². The highest BCUT2D eigenvalue weighted by Crippen LogP contribution is 2.35. The van der Waals surface area contributed by atoms with Crippen LogP contribution < -0.4 is 14.8 Å². The van der Waals surface area contributed by atoms with E-state index < -0.39 is 0 Å². The summed E-state index contributed by atoms with van der Waals surface area (Å²) in [7, 11) is 0. The van der Waals surface area contributed by atoms with Gasteiger partial charge in [-0.15, -0.1) is 10.2 Å². The van der Waals surface area contributed by atoms with E-state index in [9.17, 15) is 14.4 Å². The molecule has 2 aliphatic heterocycles. The summed E-state index contributed by atoms with van der Waals surface area (Å²) in [6, 6.07) is 5.29. The van der Waals surface area contributed by atoms with Crippen LogP contribution in [0.25, 0.3) is 11.5 Å². The lowest BCUT2D eigenvalue weighted by Gasteiger charge is -2.12. The molecule has 1 aromatic heterocycles. The van der Waals surface area contributed by atoms with Gasteiger partial charge in [0.05, 0.1) is 11.5 Å². The molecule has 1 fully saturated rings. The van der Waals surface area contributed by atoms with Crippen molar-refractivity contribution in [2.24, 2.45) is 0 Å². The van der Waals surface area contributed by atoms with E-state index in [-0.39, 0.29) is 53.7 Å². The number of hydrogen-bond donors (Lipinski definition) is 1. The SMILES string of the molecule is O=C(CSc1nnc(-c2ccc3c(c2)OCO3)o1)NCCN1C(=O)CSC1=O. The van der Waals surface area contributed by atoms with Gasteiger partial charge in [0.1, 0.15) is 0 Å². The highest BCUT2D eigenvalue weighted by Gasteiger charge is 2.29. The second-order valence-electron chi connectivity index (χ2n) is 5.68. The first-order valence-electron chi connectivity index (χ1n) is 8.20. The summed E-state index contributed by atoms with van der Waals surface area (Å²) in [5.74, 6) is 1.30. The number of nitrogens with zero attached hydrogens (tertiary/aromatic N) is 3. The summed E-state index contributed by atoms with van der Waals surface area (Å²) >= 11 is 2.06. The summed E-state index contributed by atoms with van der Waals surface area (Å²) < 4.78 is 16.1. The number of thioether (sulfide) groups is 2. The van der Waals surface area contributed by atoms with Crippen LogP contribution in [0.15, 0.2) is 27.8 Å². The minimum atomic E-state index is -0.282. The maximum atomic E-state index is 11.9. The van der Waals surface area contributed by atoms with Gasteiger partial charge in [0, 0.05) is 18.7 Å². The molecule has 10 nitrogen and oxygen atoms in total. The van der Waals surface area contributed by atoms with Crippen molar-refractivity contribution < 1.29 is 28.3 Å². The van der Waals surface area contributed by atoms with Gasteiger partial charge in [-0.1, -0.05) is 23.5 Å². The van der Waals surface area contributed by atoms with Gasteiger partial charge in [-0.3, -0.25) is 19.3 Å². The average Bonchev–Trinajstić information content (AvgIpc) is 3.41. The van der Waals surface area contributed by atoms with E-state index in [1.807, 2.05) is 0 Å². The van der Waals surface area contributed by atoms with Crippen LogP contribution in [0.5, 0.6) is 11.5 Å². The fourth-order valence-corrected chi connectivity index (χ4v) is 3.84. The molecule has 1 aromatic carbocycles. The van der Waals surface area contributed by atoms with Crippen LogP contribution in [0.2, 0.25) is 0 Å². The Balaban J connectivity index is 1.25. The molecule has 146 valence electrons. The lowest BCUT2D eigenvalue weighted by molar-refractivity contribution is -0.125. The Morgan fingerprint density at radius 2 is 2.11 bits per heavy atom. The minimum Gasteiger partial charge on any atom is -0.454 e. The monoisotopic (exact) mass is 422 g/mol. The first-order chi connectivity index (χ1) is 13.6. The summed E-state index contributed by atoms with van der Waals surface area (Å²) in [5, 5.41) is 10.5. The molecule has 2 aromatic rings. The summed E-state index contributed by atoms with van der Waals surface area (Å²) in [6.45, 7) is 0.539. The zero-order valence-electron chi connectivity index (χ0n) is 14.4. The normalized spacial score (nSPS) is 15.4. The molecule has 0 saturated carbocycles. The summed E-state index contributed by atoms with van der Waals surface area (Å²) in [5.41, 5.74) is 0.686. The molecule has 2 aliphatic rings. The van der Waals surface area contributed by atoms with Gasteiger partial charge < -0.3 is 19.2 Å². The number of fused-ring (bicyclic) bond motifs is 1. The fraction of sp³-hybridized carbons (Fsp3) is 0.312. The smallest absolute Gasteiger partial charge is 0.288 e. The van der Waals surface area contributed by atoms with E-state index in [1.54, 1.807) is 18.2 Å². The van der Waals surface area contributed by atoms with Crippen molar-refractivity contribution in [3.05, 3.63) is 18.2 Å². The van der Waals surface area contributed by atoms with E-state index in [0.717, 1.165) is 28.4 Å². The highest BCUT2D eigenvalue weighted by molar-refractivity contribution is 8.14.